The van der Waals surface area contributed by atoms with Crippen LogP contribution in [0.2, 0.25) is 0 Å². The Bertz CT molecular complexity index is 403. The quantitative estimate of drug-likeness (QED) is 0.822. The number of rotatable bonds is 7. The minimum Gasteiger partial charge on any atom is -0.309 e. The lowest BCUT2D eigenvalue weighted by atomic mass is 10.00. The molecule has 0 bridgehead atoms. The van der Waals surface area contributed by atoms with Crippen molar-refractivity contribution in [2.24, 2.45) is 0 Å². The predicted octanol–water partition coefficient (Wildman–Crippen LogP) is 3.11. The Hall–Kier alpha value is -0.670. The first kappa shape index (κ1) is 15.4. The normalized spacial score (nSPS) is 14.4. The molecule has 2 unspecified atom stereocenters. The Balaban J connectivity index is 2.92. The van der Waals surface area contributed by atoms with Gasteiger partial charge in [0, 0.05) is 28.3 Å². The second kappa shape index (κ2) is 7.70. The zero-order chi connectivity index (χ0) is 13.5. The maximum Gasteiger partial charge on any atom is 0.0439 e. The first-order valence-corrected chi connectivity index (χ1v) is 8.22. The fourth-order valence-corrected chi connectivity index (χ4v) is 2.92. The van der Waals surface area contributed by atoms with Crippen LogP contribution in [0, 0.1) is 13.8 Å². The Morgan fingerprint density at radius 2 is 2.00 bits per heavy atom. The number of benzene rings is 1. The average Bonchev–Trinajstić information content (AvgIpc) is 2.37. The first-order valence-electron chi connectivity index (χ1n) is 6.74. The standard InChI is InChI=1S/C15H25NOS/c1-5-9-16-15(11-18(17)6-2)14-10-12(3)7-8-13(14)4/h7-8,10,15-16H,5-6,9,11H2,1-4H3. The number of hydrogen-bond donors (Lipinski definition) is 1. The highest BCUT2D eigenvalue weighted by atomic mass is 32.2. The SMILES string of the molecule is CCCNC(CS(=O)CC)c1cc(C)ccc1C. The van der Waals surface area contributed by atoms with Crippen LogP contribution in [0.3, 0.4) is 0 Å². The molecule has 18 heavy (non-hydrogen) atoms. The van der Waals surface area contributed by atoms with E-state index in [1.807, 2.05) is 6.92 Å². The molecular weight excluding hydrogens is 242 g/mol. The van der Waals surface area contributed by atoms with Gasteiger partial charge in [0.05, 0.1) is 0 Å². The molecule has 0 saturated carbocycles. The lowest BCUT2D eigenvalue weighted by molar-refractivity contribution is 0.567. The van der Waals surface area contributed by atoms with Crippen molar-refractivity contribution >= 4 is 10.8 Å². The van der Waals surface area contributed by atoms with Crippen molar-refractivity contribution in [1.82, 2.24) is 5.32 Å². The van der Waals surface area contributed by atoms with Gasteiger partial charge < -0.3 is 5.32 Å². The van der Waals surface area contributed by atoms with E-state index in [0.717, 1.165) is 18.7 Å². The van der Waals surface area contributed by atoms with Gasteiger partial charge in [-0.1, -0.05) is 37.6 Å². The van der Waals surface area contributed by atoms with Crippen molar-refractivity contribution in [1.29, 1.82) is 0 Å². The third-order valence-electron chi connectivity index (χ3n) is 3.13. The number of nitrogens with one attached hydrogen (secondary N) is 1. The van der Waals surface area contributed by atoms with E-state index < -0.39 is 10.8 Å². The Kier molecular flexibility index (Phi) is 6.58. The second-order valence-electron chi connectivity index (χ2n) is 4.76. The molecular formula is C15H25NOS. The van der Waals surface area contributed by atoms with E-state index in [0.29, 0.717) is 5.75 Å². The van der Waals surface area contributed by atoms with Crippen molar-refractivity contribution < 1.29 is 4.21 Å². The highest BCUT2D eigenvalue weighted by Crippen LogP contribution is 2.20. The molecule has 0 heterocycles. The smallest absolute Gasteiger partial charge is 0.0439 e. The molecule has 2 nitrogen and oxygen atoms in total. The zero-order valence-corrected chi connectivity index (χ0v) is 12.8. The zero-order valence-electron chi connectivity index (χ0n) is 12.0. The maximum atomic E-state index is 11.8. The summed E-state index contributed by atoms with van der Waals surface area (Å²) in [6, 6.07) is 6.72. The Morgan fingerprint density at radius 1 is 1.28 bits per heavy atom. The molecule has 0 amide bonds. The summed E-state index contributed by atoms with van der Waals surface area (Å²) in [5.41, 5.74) is 3.84. The second-order valence-corrected chi connectivity index (χ2v) is 6.55. The molecule has 1 aromatic carbocycles. The van der Waals surface area contributed by atoms with E-state index in [-0.39, 0.29) is 6.04 Å². The van der Waals surface area contributed by atoms with Crippen LogP contribution in [-0.4, -0.2) is 22.3 Å². The van der Waals surface area contributed by atoms with Gasteiger partial charge in [-0.3, -0.25) is 4.21 Å². The third kappa shape index (κ3) is 4.54. The molecule has 0 spiro atoms. The molecule has 1 aromatic rings. The van der Waals surface area contributed by atoms with Gasteiger partial charge >= 0.3 is 0 Å². The molecule has 1 rings (SSSR count). The molecule has 0 saturated heterocycles. The highest BCUT2D eigenvalue weighted by Gasteiger charge is 2.15. The monoisotopic (exact) mass is 267 g/mol. The molecule has 3 heteroatoms. The van der Waals surface area contributed by atoms with E-state index in [1.165, 1.54) is 16.7 Å². The summed E-state index contributed by atoms with van der Waals surface area (Å²) in [7, 11) is -0.738. The van der Waals surface area contributed by atoms with E-state index in [2.05, 4.69) is 44.3 Å². The van der Waals surface area contributed by atoms with Gasteiger partial charge in [0.2, 0.25) is 0 Å². The van der Waals surface area contributed by atoms with Gasteiger partial charge in [-0.15, -0.1) is 0 Å². The number of aryl methyl sites for hydroxylation is 2. The van der Waals surface area contributed by atoms with E-state index in [4.69, 9.17) is 0 Å². The van der Waals surface area contributed by atoms with Gasteiger partial charge in [-0.05, 0) is 37.9 Å². The maximum absolute atomic E-state index is 11.8. The lowest BCUT2D eigenvalue weighted by Gasteiger charge is -2.21. The summed E-state index contributed by atoms with van der Waals surface area (Å²) in [5, 5.41) is 3.53. The Labute approximate surface area is 114 Å². The van der Waals surface area contributed by atoms with Crippen LogP contribution < -0.4 is 5.32 Å². The lowest BCUT2D eigenvalue weighted by Crippen LogP contribution is -2.28. The van der Waals surface area contributed by atoms with Crippen LogP contribution in [0.15, 0.2) is 18.2 Å². The van der Waals surface area contributed by atoms with Gasteiger partial charge in [-0.2, -0.15) is 0 Å². The molecule has 0 aliphatic heterocycles. The molecule has 0 radical (unpaired) electrons. The molecule has 2 atom stereocenters. The van der Waals surface area contributed by atoms with Crippen LogP contribution in [-0.2, 0) is 10.8 Å². The van der Waals surface area contributed by atoms with Crippen LogP contribution >= 0.6 is 0 Å². The van der Waals surface area contributed by atoms with E-state index in [1.54, 1.807) is 0 Å². The topological polar surface area (TPSA) is 29.1 Å². The largest absolute Gasteiger partial charge is 0.309 e. The summed E-state index contributed by atoms with van der Waals surface area (Å²) in [4.78, 5) is 0. The summed E-state index contributed by atoms with van der Waals surface area (Å²) in [6.07, 6.45) is 1.10. The van der Waals surface area contributed by atoms with Crippen LogP contribution in [0.25, 0.3) is 0 Å². The summed E-state index contributed by atoms with van der Waals surface area (Å²) < 4.78 is 11.8. The summed E-state index contributed by atoms with van der Waals surface area (Å²) >= 11 is 0. The fourth-order valence-electron chi connectivity index (χ4n) is 2.02. The minimum atomic E-state index is -0.738. The molecule has 0 aliphatic carbocycles. The van der Waals surface area contributed by atoms with Crippen molar-refractivity contribution in [2.75, 3.05) is 18.1 Å². The van der Waals surface area contributed by atoms with Crippen molar-refractivity contribution in [2.45, 2.75) is 40.2 Å². The van der Waals surface area contributed by atoms with E-state index >= 15 is 0 Å². The van der Waals surface area contributed by atoms with E-state index in [9.17, 15) is 4.21 Å². The van der Waals surface area contributed by atoms with Crippen molar-refractivity contribution in [3.8, 4) is 0 Å². The van der Waals surface area contributed by atoms with Crippen molar-refractivity contribution in [3.05, 3.63) is 34.9 Å². The fraction of sp³-hybridized carbons (Fsp3) is 0.600. The van der Waals surface area contributed by atoms with Gasteiger partial charge in [0.15, 0.2) is 0 Å². The number of hydrogen-bond acceptors (Lipinski definition) is 2. The van der Waals surface area contributed by atoms with Gasteiger partial charge in [0.1, 0.15) is 0 Å². The summed E-state index contributed by atoms with van der Waals surface area (Å²) in [6.45, 7) is 9.35. The predicted molar refractivity (Wildman–Crippen MR) is 80.5 cm³/mol. The van der Waals surface area contributed by atoms with Crippen LogP contribution in [0.1, 0.15) is 43.0 Å². The Morgan fingerprint density at radius 3 is 2.61 bits per heavy atom. The van der Waals surface area contributed by atoms with Crippen LogP contribution in [0.5, 0.6) is 0 Å². The van der Waals surface area contributed by atoms with Gasteiger partial charge in [-0.25, -0.2) is 0 Å². The van der Waals surface area contributed by atoms with Gasteiger partial charge in [0.25, 0.3) is 0 Å². The first-order chi connectivity index (χ1) is 8.58. The average molecular weight is 267 g/mol. The van der Waals surface area contributed by atoms with Crippen LogP contribution in [0.4, 0.5) is 0 Å². The minimum absolute atomic E-state index is 0.214. The van der Waals surface area contributed by atoms with Crippen molar-refractivity contribution in [3.63, 3.8) is 0 Å². The third-order valence-corrected chi connectivity index (χ3v) is 4.47. The molecule has 0 aliphatic rings. The molecule has 1 N–H and O–H groups in total. The molecule has 0 fully saturated rings. The highest BCUT2D eigenvalue weighted by molar-refractivity contribution is 7.84. The molecule has 0 aromatic heterocycles. The summed E-state index contributed by atoms with van der Waals surface area (Å²) in [5.74, 6) is 1.44. The molecule has 102 valence electrons.